The molecule has 8 nitrogen and oxygen atoms in total. The Balaban J connectivity index is 2.03. The monoisotopic (exact) mass is 415 g/mol. The van der Waals surface area contributed by atoms with E-state index in [4.69, 9.17) is 14.2 Å². The molecule has 1 N–H and O–H groups in total. The fourth-order valence-corrected chi connectivity index (χ4v) is 5.47. The Bertz CT molecular complexity index is 1070. The van der Waals surface area contributed by atoms with Crippen LogP contribution in [0, 0.1) is 6.92 Å². The van der Waals surface area contributed by atoms with E-state index in [9.17, 15) is 4.57 Å². The number of H-pyrrole nitrogens is 1. The van der Waals surface area contributed by atoms with Gasteiger partial charge in [-0.05, 0) is 38.5 Å². The van der Waals surface area contributed by atoms with E-state index in [1.54, 1.807) is 19.1 Å². The van der Waals surface area contributed by atoms with Crippen LogP contribution in [0.15, 0.2) is 24.5 Å². The zero-order valence-corrected chi connectivity index (χ0v) is 18.1. The minimum Gasteiger partial charge on any atom is -0.377 e. The van der Waals surface area contributed by atoms with Gasteiger partial charge in [-0.2, -0.15) is 5.10 Å². The Morgan fingerprint density at radius 3 is 2.97 bits per heavy atom. The van der Waals surface area contributed by atoms with Gasteiger partial charge in [-0.15, -0.1) is 0 Å². The number of fused-ring (bicyclic) bond motifs is 1. The van der Waals surface area contributed by atoms with E-state index in [1.807, 2.05) is 26.0 Å². The summed E-state index contributed by atoms with van der Waals surface area (Å²) in [6.45, 7) is 9.95. The molecule has 4 rings (SSSR count). The molecule has 29 heavy (non-hydrogen) atoms. The van der Waals surface area contributed by atoms with Gasteiger partial charge in [0.05, 0.1) is 36.9 Å². The highest BCUT2D eigenvalue weighted by molar-refractivity contribution is 7.66. The summed E-state index contributed by atoms with van der Waals surface area (Å²) in [5, 5.41) is 8.53. The van der Waals surface area contributed by atoms with E-state index in [-0.39, 0.29) is 6.04 Å². The molecule has 1 aliphatic heterocycles. The van der Waals surface area contributed by atoms with Crippen molar-refractivity contribution in [3.63, 3.8) is 0 Å². The standard InChI is InChI=1S/C20H26N5O3P/c1-5-28-29(4,26)16-10-17(25-8-9-27-12-14(25)3)23-20-18(16)13(2)11-21-19(20)15-6-7-22-24-15/h6-7,10-11,14H,5,8-9,12H2,1-4H3,(H,22,24). The van der Waals surface area contributed by atoms with Gasteiger partial charge in [0, 0.05) is 31.0 Å². The molecule has 4 heterocycles. The number of nitrogens with one attached hydrogen (secondary N) is 1. The maximum atomic E-state index is 13.6. The quantitative estimate of drug-likeness (QED) is 0.640. The zero-order valence-electron chi connectivity index (χ0n) is 17.2. The number of anilines is 1. The van der Waals surface area contributed by atoms with Crippen molar-refractivity contribution < 1.29 is 13.8 Å². The number of pyridine rings is 2. The van der Waals surface area contributed by atoms with Crippen LogP contribution in [0.2, 0.25) is 0 Å². The molecule has 0 aromatic carbocycles. The average Bonchev–Trinajstić information content (AvgIpc) is 3.22. The topological polar surface area (TPSA) is 93.2 Å². The van der Waals surface area contributed by atoms with Gasteiger partial charge < -0.3 is 14.2 Å². The van der Waals surface area contributed by atoms with Crippen LogP contribution in [0.4, 0.5) is 5.82 Å². The lowest BCUT2D eigenvalue weighted by Gasteiger charge is -2.35. The SMILES string of the molecule is CCOP(C)(=O)c1cc(N2CCOCC2C)nc2c(-c3ccn[nH]3)ncc(C)c12. The van der Waals surface area contributed by atoms with E-state index < -0.39 is 7.37 Å². The molecule has 2 atom stereocenters. The van der Waals surface area contributed by atoms with E-state index in [0.29, 0.717) is 36.3 Å². The molecule has 2 unspecified atom stereocenters. The van der Waals surface area contributed by atoms with Crippen molar-refractivity contribution in [3.05, 3.63) is 30.1 Å². The lowest BCUT2D eigenvalue weighted by atomic mass is 10.1. The summed E-state index contributed by atoms with van der Waals surface area (Å²) in [7, 11) is -3.06. The molecule has 0 aliphatic carbocycles. The molecule has 3 aromatic heterocycles. The molecule has 0 spiro atoms. The maximum Gasteiger partial charge on any atom is 0.229 e. The second-order valence-corrected chi connectivity index (χ2v) is 9.80. The van der Waals surface area contributed by atoms with Crippen LogP contribution in [0.5, 0.6) is 0 Å². The normalized spacial score (nSPS) is 19.4. The van der Waals surface area contributed by atoms with Crippen LogP contribution < -0.4 is 10.2 Å². The van der Waals surface area contributed by atoms with Crippen molar-refractivity contribution in [1.82, 2.24) is 20.2 Å². The summed E-state index contributed by atoms with van der Waals surface area (Å²) >= 11 is 0. The van der Waals surface area contributed by atoms with Crippen molar-refractivity contribution in [2.24, 2.45) is 0 Å². The minimum atomic E-state index is -3.06. The fourth-order valence-electron chi connectivity index (χ4n) is 3.80. The van der Waals surface area contributed by atoms with Crippen LogP contribution in [0.3, 0.4) is 0 Å². The Kier molecular flexibility index (Phi) is 5.42. The third-order valence-corrected chi connectivity index (χ3v) is 7.20. The highest BCUT2D eigenvalue weighted by Crippen LogP contribution is 2.45. The van der Waals surface area contributed by atoms with E-state index >= 15 is 0 Å². The summed E-state index contributed by atoms with van der Waals surface area (Å²) < 4.78 is 24.9. The summed E-state index contributed by atoms with van der Waals surface area (Å²) in [6, 6.07) is 3.94. The van der Waals surface area contributed by atoms with Gasteiger partial charge in [-0.25, -0.2) is 4.98 Å². The van der Waals surface area contributed by atoms with Crippen molar-refractivity contribution in [2.75, 3.05) is 37.9 Å². The van der Waals surface area contributed by atoms with E-state index in [1.165, 1.54) is 0 Å². The summed E-state index contributed by atoms with van der Waals surface area (Å²) in [5.41, 5.74) is 3.06. The van der Waals surface area contributed by atoms with Crippen LogP contribution in [0.1, 0.15) is 19.4 Å². The summed E-state index contributed by atoms with van der Waals surface area (Å²) in [5.74, 6) is 0.762. The number of aryl methyl sites for hydroxylation is 1. The van der Waals surface area contributed by atoms with Crippen molar-refractivity contribution in [1.29, 1.82) is 0 Å². The molecule has 1 fully saturated rings. The number of nitrogens with zero attached hydrogens (tertiary/aromatic N) is 4. The van der Waals surface area contributed by atoms with Crippen LogP contribution in [-0.4, -0.2) is 59.2 Å². The van der Waals surface area contributed by atoms with E-state index in [0.717, 1.165) is 29.0 Å². The first-order chi connectivity index (χ1) is 13.9. The fraction of sp³-hybridized carbons (Fsp3) is 0.450. The number of aromatic nitrogens is 4. The maximum absolute atomic E-state index is 13.6. The molecule has 154 valence electrons. The molecule has 1 saturated heterocycles. The predicted octanol–water partition coefficient (Wildman–Crippen LogP) is 3.12. The van der Waals surface area contributed by atoms with Gasteiger partial charge in [-0.3, -0.25) is 14.6 Å². The second kappa shape index (κ2) is 7.86. The lowest BCUT2D eigenvalue weighted by molar-refractivity contribution is 0.0986. The largest absolute Gasteiger partial charge is 0.377 e. The van der Waals surface area contributed by atoms with Crippen LogP contribution in [-0.2, 0) is 13.8 Å². The Labute approximate surface area is 170 Å². The summed E-state index contributed by atoms with van der Waals surface area (Å²) in [4.78, 5) is 11.8. The van der Waals surface area contributed by atoms with Crippen LogP contribution >= 0.6 is 7.37 Å². The highest BCUT2D eigenvalue weighted by Gasteiger charge is 2.29. The molecule has 9 heteroatoms. The average molecular weight is 415 g/mol. The molecule has 0 radical (unpaired) electrons. The van der Waals surface area contributed by atoms with Gasteiger partial charge in [0.1, 0.15) is 17.0 Å². The van der Waals surface area contributed by atoms with Crippen molar-refractivity contribution in [2.45, 2.75) is 26.8 Å². The zero-order chi connectivity index (χ0) is 20.6. The number of rotatable bonds is 5. The van der Waals surface area contributed by atoms with Crippen molar-refractivity contribution in [3.8, 4) is 11.4 Å². The number of aromatic amines is 1. The van der Waals surface area contributed by atoms with Gasteiger partial charge >= 0.3 is 0 Å². The van der Waals surface area contributed by atoms with Gasteiger partial charge in [0.2, 0.25) is 7.37 Å². The number of hydrogen-bond acceptors (Lipinski definition) is 7. The molecule has 3 aromatic rings. The molecule has 0 amide bonds. The second-order valence-electron chi connectivity index (χ2n) is 7.36. The first kappa shape index (κ1) is 20.0. The van der Waals surface area contributed by atoms with Crippen molar-refractivity contribution >= 4 is 29.4 Å². The minimum absolute atomic E-state index is 0.165. The number of morpholine rings is 1. The Hall–Kier alpha value is -2.28. The summed E-state index contributed by atoms with van der Waals surface area (Å²) in [6.07, 6.45) is 3.47. The molecular formula is C20H26N5O3P. The molecule has 0 saturated carbocycles. The molecule has 0 bridgehead atoms. The third kappa shape index (κ3) is 3.68. The number of hydrogen-bond donors (Lipinski definition) is 1. The van der Waals surface area contributed by atoms with Gasteiger partial charge in [-0.1, -0.05) is 0 Å². The van der Waals surface area contributed by atoms with E-state index in [2.05, 4.69) is 27.0 Å². The lowest BCUT2D eigenvalue weighted by Crippen LogP contribution is -2.44. The Morgan fingerprint density at radius 2 is 2.28 bits per heavy atom. The Morgan fingerprint density at radius 1 is 1.45 bits per heavy atom. The number of ether oxygens (including phenoxy) is 1. The molecular weight excluding hydrogens is 389 g/mol. The predicted molar refractivity (Wildman–Crippen MR) is 114 cm³/mol. The van der Waals surface area contributed by atoms with Crippen LogP contribution in [0.25, 0.3) is 22.3 Å². The van der Waals surface area contributed by atoms with Gasteiger partial charge in [0.25, 0.3) is 0 Å². The third-order valence-electron chi connectivity index (χ3n) is 5.22. The first-order valence-electron chi connectivity index (χ1n) is 9.79. The molecule has 1 aliphatic rings. The van der Waals surface area contributed by atoms with Gasteiger partial charge in [0.15, 0.2) is 0 Å². The highest BCUT2D eigenvalue weighted by atomic mass is 31.2. The smallest absolute Gasteiger partial charge is 0.229 e. The first-order valence-corrected chi connectivity index (χ1v) is 11.9.